The van der Waals surface area contributed by atoms with Crippen molar-refractivity contribution in [3.8, 4) is 0 Å². The standard InChI is InChI=1S/C13H20N2O5S/c1-9(6-7-16)14-12-5-4-10(8-11(12)13(17)18)21(19,20)15(2)3/h4-5,8-9,14,16H,6-7H2,1-3H3,(H,17,18). The molecule has 0 radical (unpaired) electrons. The number of nitrogens with zero attached hydrogens (tertiary/aromatic N) is 1. The van der Waals surface area contributed by atoms with Gasteiger partial charge in [0.1, 0.15) is 0 Å². The smallest absolute Gasteiger partial charge is 0.337 e. The van der Waals surface area contributed by atoms with E-state index in [-0.39, 0.29) is 23.1 Å². The number of carbonyl (C=O) groups is 1. The Morgan fingerprint density at radius 2 is 2.00 bits per heavy atom. The molecule has 1 aromatic carbocycles. The first-order valence-corrected chi connectivity index (χ1v) is 7.81. The molecule has 8 heteroatoms. The van der Waals surface area contributed by atoms with Gasteiger partial charge in [-0.2, -0.15) is 0 Å². The minimum absolute atomic E-state index is 0.0241. The lowest BCUT2D eigenvalue weighted by molar-refractivity contribution is 0.0697. The van der Waals surface area contributed by atoms with Crippen LogP contribution in [0.1, 0.15) is 23.7 Å². The molecule has 21 heavy (non-hydrogen) atoms. The minimum atomic E-state index is -3.69. The third kappa shape index (κ3) is 4.16. The summed E-state index contributed by atoms with van der Waals surface area (Å²) in [7, 11) is -0.926. The van der Waals surface area contributed by atoms with E-state index in [1.807, 2.05) is 0 Å². The molecule has 1 rings (SSSR count). The summed E-state index contributed by atoms with van der Waals surface area (Å²) in [4.78, 5) is 11.2. The predicted octanol–water partition coefficient (Wildman–Crippen LogP) is 0.818. The molecule has 0 saturated heterocycles. The first-order chi connectivity index (χ1) is 9.70. The van der Waals surface area contributed by atoms with Gasteiger partial charge in [0.05, 0.1) is 10.5 Å². The number of rotatable bonds is 7. The molecule has 0 fully saturated rings. The van der Waals surface area contributed by atoms with Crippen molar-refractivity contribution in [3.63, 3.8) is 0 Å². The third-order valence-corrected chi connectivity index (χ3v) is 4.78. The van der Waals surface area contributed by atoms with E-state index in [0.29, 0.717) is 12.1 Å². The van der Waals surface area contributed by atoms with E-state index < -0.39 is 16.0 Å². The van der Waals surface area contributed by atoms with Crippen LogP contribution < -0.4 is 5.32 Å². The Labute approximate surface area is 124 Å². The van der Waals surface area contributed by atoms with Crippen LogP contribution in [0.15, 0.2) is 23.1 Å². The van der Waals surface area contributed by atoms with Crippen LogP contribution in [0.3, 0.4) is 0 Å². The monoisotopic (exact) mass is 316 g/mol. The van der Waals surface area contributed by atoms with Crippen molar-refractivity contribution >= 4 is 21.7 Å². The van der Waals surface area contributed by atoms with Gasteiger partial charge < -0.3 is 15.5 Å². The highest BCUT2D eigenvalue weighted by molar-refractivity contribution is 7.89. The zero-order chi connectivity index (χ0) is 16.2. The average Bonchev–Trinajstić information content (AvgIpc) is 2.38. The van der Waals surface area contributed by atoms with Gasteiger partial charge >= 0.3 is 5.97 Å². The van der Waals surface area contributed by atoms with E-state index >= 15 is 0 Å². The van der Waals surface area contributed by atoms with Crippen LogP contribution in [0.4, 0.5) is 5.69 Å². The lowest BCUT2D eigenvalue weighted by Crippen LogP contribution is -2.23. The Morgan fingerprint density at radius 1 is 1.38 bits per heavy atom. The number of anilines is 1. The summed E-state index contributed by atoms with van der Waals surface area (Å²) < 4.78 is 25.1. The van der Waals surface area contributed by atoms with Gasteiger partial charge in [0.15, 0.2) is 0 Å². The van der Waals surface area contributed by atoms with Gasteiger partial charge in [-0.05, 0) is 31.5 Å². The lowest BCUT2D eigenvalue weighted by Gasteiger charge is -2.17. The summed E-state index contributed by atoms with van der Waals surface area (Å²) in [5.41, 5.74) is 0.198. The molecular weight excluding hydrogens is 296 g/mol. The molecular formula is C13H20N2O5S. The molecule has 0 aromatic heterocycles. The molecule has 0 aliphatic carbocycles. The van der Waals surface area contributed by atoms with E-state index in [2.05, 4.69) is 5.32 Å². The van der Waals surface area contributed by atoms with Crippen molar-refractivity contribution in [2.75, 3.05) is 26.0 Å². The SMILES string of the molecule is CC(CCO)Nc1ccc(S(=O)(=O)N(C)C)cc1C(=O)O. The highest BCUT2D eigenvalue weighted by atomic mass is 32.2. The molecule has 0 spiro atoms. The maximum atomic E-state index is 12.0. The predicted molar refractivity (Wildman–Crippen MR) is 79.1 cm³/mol. The van der Waals surface area contributed by atoms with Crippen molar-refractivity contribution < 1.29 is 23.4 Å². The average molecular weight is 316 g/mol. The fourth-order valence-corrected chi connectivity index (χ4v) is 2.66. The zero-order valence-electron chi connectivity index (χ0n) is 12.2. The number of aromatic carboxylic acids is 1. The fraction of sp³-hybridized carbons (Fsp3) is 0.462. The van der Waals surface area contributed by atoms with Crippen molar-refractivity contribution in [2.24, 2.45) is 0 Å². The normalized spacial score (nSPS) is 13.2. The summed E-state index contributed by atoms with van der Waals surface area (Å²) in [5, 5.41) is 21.1. The first kappa shape index (κ1) is 17.4. The Hall–Kier alpha value is -1.64. The molecule has 1 unspecified atom stereocenters. The van der Waals surface area contributed by atoms with Crippen molar-refractivity contribution in [2.45, 2.75) is 24.3 Å². The molecule has 0 saturated carbocycles. The topological polar surface area (TPSA) is 107 Å². The molecule has 1 atom stereocenters. The highest BCUT2D eigenvalue weighted by Crippen LogP contribution is 2.23. The minimum Gasteiger partial charge on any atom is -0.478 e. The Kier molecular flexibility index (Phi) is 5.70. The van der Waals surface area contributed by atoms with Gasteiger partial charge in [-0.25, -0.2) is 17.5 Å². The second kappa shape index (κ2) is 6.88. The van der Waals surface area contributed by atoms with Gasteiger partial charge in [-0.15, -0.1) is 0 Å². The summed E-state index contributed by atoms with van der Waals surface area (Å²) in [6.07, 6.45) is 0.455. The second-order valence-corrected chi connectivity index (χ2v) is 7.01. The van der Waals surface area contributed by atoms with Crippen LogP contribution >= 0.6 is 0 Å². The largest absolute Gasteiger partial charge is 0.478 e. The van der Waals surface area contributed by atoms with Crippen molar-refractivity contribution in [1.82, 2.24) is 4.31 Å². The number of benzene rings is 1. The van der Waals surface area contributed by atoms with E-state index in [1.54, 1.807) is 6.92 Å². The van der Waals surface area contributed by atoms with Crippen LogP contribution in [0, 0.1) is 0 Å². The van der Waals surface area contributed by atoms with Gasteiger partial charge in [0.25, 0.3) is 0 Å². The van der Waals surface area contributed by atoms with Gasteiger partial charge in [0.2, 0.25) is 10.0 Å². The second-order valence-electron chi connectivity index (χ2n) is 4.86. The van der Waals surface area contributed by atoms with Crippen LogP contribution in [0.25, 0.3) is 0 Å². The molecule has 0 amide bonds. The lowest BCUT2D eigenvalue weighted by atomic mass is 10.1. The summed E-state index contributed by atoms with van der Waals surface area (Å²) >= 11 is 0. The molecule has 118 valence electrons. The van der Waals surface area contributed by atoms with Crippen LogP contribution in [0.2, 0.25) is 0 Å². The first-order valence-electron chi connectivity index (χ1n) is 6.37. The molecule has 1 aromatic rings. The number of carboxylic acid groups (broad SMARTS) is 1. The summed E-state index contributed by atoms with van der Waals surface area (Å²) in [6.45, 7) is 1.77. The van der Waals surface area contributed by atoms with E-state index in [1.165, 1.54) is 26.2 Å². The molecule has 0 heterocycles. The number of carboxylic acids is 1. The molecule has 7 nitrogen and oxygen atoms in total. The Morgan fingerprint density at radius 3 is 2.48 bits per heavy atom. The number of nitrogens with one attached hydrogen (secondary N) is 1. The maximum Gasteiger partial charge on any atom is 0.337 e. The van der Waals surface area contributed by atoms with Gasteiger partial charge in [-0.1, -0.05) is 0 Å². The van der Waals surface area contributed by atoms with E-state index in [0.717, 1.165) is 10.4 Å². The number of aliphatic hydroxyl groups excluding tert-OH is 1. The van der Waals surface area contributed by atoms with Crippen molar-refractivity contribution in [3.05, 3.63) is 23.8 Å². The molecule has 0 aliphatic rings. The number of hydrogen-bond acceptors (Lipinski definition) is 5. The number of sulfonamides is 1. The van der Waals surface area contributed by atoms with Gasteiger partial charge in [0, 0.05) is 32.4 Å². The Bertz CT molecular complexity index is 613. The van der Waals surface area contributed by atoms with Crippen LogP contribution in [-0.2, 0) is 10.0 Å². The van der Waals surface area contributed by atoms with Crippen LogP contribution in [-0.4, -0.2) is 55.6 Å². The number of hydrogen-bond donors (Lipinski definition) is 3. The van der Waals surface area contributed by atoms with E-state index in [9.17, 15) is 18.3 Å². The third-order valence-electron chi connectivity index (χ3n) is 2.96. The van der Waals surface area contributed by atoms with Gasteiger partial charge in [-0.3, -0.25) is 0 Å². The molecule has 3 N–H and O–H groups in total. The molecule has 0 bridgehead atoms. The van der Waals surface area contributed by atoms with E-state index in [4.69, 9.17) is 5.11 Å². The summed E-state index contributed by atoms with van der Waals surface area (Å²) in [6, 6.07) is 3.78. The maximum absolute atomic E-state index is 12.0. The van der Waals surface area contributed by atoms with Crippen LogP contribution in [0.5, 0.6) is 0 Å². The number of aliphatic hydroxyl groups is 1. The highest BCUT2D eigenvalue weighted by Gasteiger charge is 2.21. The molecule has 0 aliphatic heterocycles. The zero-order valence-corrected chi connectivity index (χ0v) is 13.0. The van der Waals surface area contributed by atoms with Crippen molar-refractivity contribution in [1.29, 1.82) is 0 Å². The quantitative estimate of drug-likeness (QED) is 0.687. The fourth-order valence-electron chi connectivity index (χ4n) is 1.73. The Balaban J connectivity index is 3.23. The summed E-state index contributed by atoms with van der Waals surface area (Å²) in [5.74, 6) is -1.22.